The Balaban J connectivity index is 1.33. The van der Waals surface area contributed by atoms with Crippen molar-refractivity contribution >= 4 is 15.9 Å². The highest BCUT2D eigenvalue weighted by molar-refractivity contribution is 7.89. The Bertz CT molecular complexity index is 879. The Labute approximate surface area is 184 Å². The van der Waals surface area contributed by atoms with Crippen LogP contribution in [0.3, 0.4) is 0 Å². The quantitative estimate of drug-likeness (QED) is 0.650. The molecule has 8 nitrogen and oxygen atoms in total. The standard InChI is InChI=1S/C22H33N3O5S/c1-2-24-12-9-18(10-13-24)25(17-4-5-17)22(26)8-11-23-31(27,28)19-6-7-20-21(16-19)30-15-3-14-29-20/h6-7,16-18,23H,2-5,8-15H2,1H3. The third-order valence-corrected chi connectivity index (χ3v) is 7.74. The number of sulfonamides is 1. The van der Waals surface area contributed by atoms with Crippen molar-refractivity contribution in [1.82, 2.24) is 14.5 Å². The Morgan fingerprint density at radius 2 is 1.77 bits per heavy atom. The molecule has 3 aliphatic rings. The largest absolute Gasteiger partial charge is 0.490 e. The van der Waals surface area contributed by atoms with Crippen LogP contribution in [0, 0.1) is 0 Å². The van der Waals surface area contributed by atoms with Crippen LogP contribution < -0.4 is 14.2 Å². The summed E-state index contributed by atoms with van der Waals surface area (Å²) < 4.78 is 39.2. The fraction of sp³-hybridized carbons (Fsp3) is 0.682. The van der Waals surface area contributed by atoms with Gasteiger partial charge >= 0.3 is 0 Å². The number of hydrogen-bond donors (Lipinski definition) is 1. The third kappa shape index (κ3) is 5.51. The molecule has 9 heteroatoms. The minimum absolute atomic E-state index is 0.0545. The molecule has 0 unspecified atom stereocenters. The lowest BCUT2D eigenvalue weighted by Crippen LogP contribution is -2.49. The lowest BCUT2D eigenvalue weighted by molar-refractivity contribution is -0.135. The molecular formula is C22H33N3O5S. The van der Waals surface area contributed by atoms with Crippen LogP contribution in [0.25, 0.3) is 0 Å². The highest BCUT2D eigenvalue weighted by Gasteiger charge is 2.38. The van der Waals surface area contributed by atoms with E-state index in [1.165, 1.54) is 12.1 Å². The number of rotatable bonds is 8. The van der Waals surface area contributed by atoms with Gasteiger partial charge in [-0.2, -0.15) is 0 Å². The van der Waals surface area contributed by atoms with Crippen molar-refractivity contribution < 1.29 is 22.7 Å². The van der Waals surface area contributed by atoms with Gasteiger partial charge in [0.05, 0.1) is 18.1 Å². The molecule has 2 heterocycles. The Hall–Kier alpha value is -1.84. The molecule has 1 aliphatic carbocycles. The van der Waals surface area contributed by atoms with Crippen LogP contribution in [0.2, 0.25) is 0 Å². The number of nitrogens with zero attached hydrogens (tertiary/aromatic N) is 2. The lowest BCUT2D eigenvalue weighted by Gasteiger charge is -2.38. The molecule has 1 amide bonds. The van der Waals surface area contributed by atoms with Gasteiger partial charge in [-0.15, -0.1) is 0 Å². The zero-order valence-corrected chi connectivity index (χ0v) is 19.0. The van der Waals surface area contributed by atoms with E-state index in [-0.39, 0.29) is 29.8 Å². The number of ether oxygens (including phenoxy) is 2. The monoisotopic (exact) mass is 451 g/mol. The van der Waals surface area contributed by atoms with E-state index in [0.29, 0.717) is 30.8 Å². The normalized spacial score (nSPS) is 20.3. The number of amides is 1. The van der Waals surface area contributed by atoms with Crippen LogP contribution in [0.15, 0.2) is 23.1 Å². The molecule has 2 fully saturated rings. The van der Waals surface area contributed by atoms with Crippen molar-refractivity contribution in [3.05, 3.63) is 18.2 Å². The summed E-state index contributed by atoms with van der Waals surface area (Å²) in [6, 6.07) is 5.24. The molecule has 0 radical (unpaired) electrons. The van der Waals surface area contributed by atoms with Crippen LogP contribution in [0.5, 0.6) is 11.5 Å². The second-order valence-corrected chi connectivity index (χ2v) is 10.3. The average Bonchev–Trinajstić information content (AvgIpc) is 3.61. The number of hydrogen-bond acceptors (Lipinski definition) is 6. The van der Waals surface area contributed by atoms with E-state index in [2.05, 4.69) is 21.4 Å². The molecule has 1 saturated heterocycles. The van der Waals surface area contributed by atoms with E-state index in [0.717, 1.165) is 51.7 Å². The molecule has 0 bridgehead atoms. The van der Waals surface area contributed by atoms with Gasteiger partial charge in [0.25, 0.3) is 0 Å². The predicted octanol–water partition coefficient (Wildman–Crippen LogP) is 1.99. The number of piperidine rings is 1. The van der Waals surface area contributed by atoms with Gasteiger partial charge in [0.15, 0.2) is 11.5 Å². The van der Waals surface area contributed by atoms with Crippen LogP contribution in [0.4, 0.5) is 0 Å². The Kier molecular flexibility index (Phi) is 7.03. The molecule has 1 aromatic rings. The van der Waals surface area contributed by atoms with Crippen molar-refractivity contribution in [2.24, 2.45) is 0 Å². The van der Waals surface area contributed by atoms with E-state index in [1.54, 1.807) is 6.07 Å². The molecule has 4 rings (SSSR count). The Morgan fingerprint density at radius 3 is 2.45 bits per heavy atom. The molecule has 0 atom stereocenters. The number of fused-ring (bicyclic) bond motifs is 1. The predicted molar refractivity (Wildman–Crippen MR) is 117 cm³/mol. The van der Waals surface area contributed by atoms with Gasteiger partial charge in [-0.3, -0.25) is 4.79 Å². The maximum absolute atomic E-state index is 13.0. The van der Waals surface area contributed by atoms with E-state index in [9.17, 15) is 13.2 Å². The molecule has 31 heavy (non-hydrogen) atoms. The Morgan fingerprint density at radius 1 is 1.10 bits per heavy atom. The summed E-state index contributed by atoms with van der Waals surface area (Å²) >= 11 is 0. The fourth-order valence-corrected chi connectivity index (χ4v) is 5.43. The zero-order valence-electron chi connectivity index (χ0n) is 18.2. The number of nitrogens with one attached hydrogen (secondary N) is 1. The van der Waals surface area contributed by atoms with Crippen LogP contribution in [-0.4, -0.2) is 75.6 Å². The van der Waals surface area contributed by atoms with Crippen molar-refractivity contribution in [2.75, 3.05) is 39.4 Å². The van der Waals surface area contributed by atoms with Crippen molar-refractivity contribution in [3.63, 3.8) is 0 Å². The first kappa shape index (κ1) is 22.4. The third-order valence-electron chi connectivity index (χ3n) is 6.29. The summed E-state index contributed by atoms with van der Waals surface area (Å²) in [5.41, 5.74) is 0. The SMILES string of the molecule is CCN1CCC(N(C(=O)CCNS(=O)(=O)c2ccc3c(c2)OCCCO3)C2CC2)CC1. The second kappa shape index (κ2) is 9.75. The van der Waals surface area contributed by atoms with Gasteiger partial charge in [0.1, 0.15) is 0 Å². The molecule has 0 spiro atoms. The minimum Gasteiger partial charge on any atom is -0.490 e. The van der Waals surface area contributed by atoms with Gasteiger partial charge in [-0.25, -0.2) is 13.1 Å². The van der Waals surface area contributed by atoms with E-state index >= 15 is 0 Å². The number of carbonyl (C=O) groups is 1. The van der Waals surface area contributed by atoms with Gasteiger partial charge in [0.2, 0.25) is 15.9 Å². The first-order valence-electron chi connectivity index (χ1n) is 11.4. The second-order valence-electron chi connectivity index (χ2n) is 8.50. The van der Waals surface area contributed by atoms with Crippen molar-refractivity contribution in [3.8, 4) is 11.5 Å². The summed E-state index contributed by atoms with van der Waals surface area (Å²) in [6.45, 7) is 6.39. The summed E-state index contributed by atoms with van der Waals surface area (Å²) in [4.78, 5) is 17.6. The highest BCUT2D eigenvalue weighted by Crippen LogP contribution is 2.33. The maximum Gasteiger partial charge on any atom is 0.240 e. The van der Waals surface area contributed by atoms with Crippen molar-refractivity contribution in [1.29, 1.82) is 0 Å². The number of benzene rings is 1. The first-order valence-corrected chi connectivity index (χ1v) is 12.9. The van der Waals surface area contributed by atoms with Crippen LogP contribution in [0.1, 0.15) is 45.4 Å². The molecule has 0 aromatic heterocycles. The molecule has 1 saturated carbocycles. The van der Waals surface area contributed by atoms with E-state index < -0.39 is 10.0 Å². The maximum atomic E-state index is 13.0. The summed E-state index contributed by atoms with van der Waals surface area (Å²) in [5, 5.41) is 0. The minimum atomic E-state index is -3.73. The summed E-state index contributed by atoms with van der Waals surface area (Å²) in [6.07, 6.45) is 5.05. The lowest BCUT2D eigenvalue weighted by atomic mass is 10.0. The first-order chi connectivity index (χ1) is 15.0. The molecule has 2 aliphatic heterocycles. The van der Waals surface area contributed by atoms with E-state index in [4.69, 9.17) is 9.47 Å². The smallest absolute Gasteiger partial charge is 0.240 e. The summed E-state index contributed by atoms with van der Waals surface area (Å²) in [7, 11) is -3.73. The summed E-state index contributed by atoms with van der Waals surface area (Å²) in [5.74, 6) is 1.05. The van der Waals surface area contributed by atoms with Crippen LogP contribution >= 0.6 is 0 Å². The topological polar surface area (TPSA) is 88.2 Å². The number of carbonyl (C=O) groups excluding carboxylic acids is 1. The number of likely N-dealkylation sites (tertiary alicyclic amines) is 1. The zero-order chi connectivity index (χ0) is 21.8. The van der Waals surface area contributed by atoms with Gasteiger partial charge in [-0.1, -0.05) is 6.92 Å². The molecule has 1 aromatic carbocycles. The van der Waals surface area contributed by atoms with Gasteiger partial charge in [-0.05, 0) is 44.4 Å². The average molecular weight is 452 g/mol. The highest BCUT2D eigenvalue weighted by atomic mass is 32.2. The van der Waals surface area contributed by atoms with Gasteiger partial charge < -0.3 is 19.3 Å². The van der Waals surface area contributed by atoms with Crippen LogP contribution in [-0.2, 0) is 14.8 Å². The van der Waals surface area contributed by atoms with Crippen molar-refractivity contribution in [2.45, 2.75) is 62.4 Å². The molecule has 1 N–H and O–H groups in total. The molecule has 172 valence electrons. The van der Waals surface area contributed by atoms with E-state index in [1.807, 2.05) is 0 Å². The molecular weight excluding hydrogens is 418 g/mol. The fourth-order valence-electron chi connectivity index (χ4n) is 4.39. The van der Waals surface area contributed by atoms with Gasteiger partial charge in [0, 0.05) is 50.6 Å².